The molecule has 1 unspecified atom stereocenters. The van der Waals surface area contributed by atoms with Gasteiger partial charge >= 0.3 is 0 Å². The van der Waals surface area contributed by atoms with E-state index in [9.17, 15) is 0 Å². The van der Waals surface area contributed by atoms with Crippen molar-refractivity contribution in [1.29, 1.82) is 0 Å². The van der Waals surface area contributed by atoms with Crippen molar-refractivity contribution in [1.82, 2.24) is 0 Å². The van der Waals surface area contributed by atoms with Crippen LogP contribution >= 0.6 is 23.4 Å². The Morgan fingerprint density at radius 1 is 1.06 bits per heavy atom. The van der Waals surface area contributed by atoms with Crippen LogP contribution in [0.3, 0.4) is 0 Å². The first-order valence-corrected chi connectivity index (χ1v) is 7.05. The molecule has 1 nitrogen and oxygen atoms in total. The molecule has 0 amide bonds. The molecular formula is C15H15ClOS. The van der Waals surface area contributed by atoms with Crippen molar-refractivity contribution >= 4 is 23.4 Å². The zero-order chi connectivity index (χ0) is 13.0. The van der Waals surface area contributed by atoms with Gasteiger partial charge in [-0.15, -0.1) is 0 Å². The van der Waals surface area contributed by atoms with Crippen molar-refractivity contribution in [2.24, 2.45) is 0 Å². The number of hydrogen-bond acceptors (Lipinski definition) is 2. The van der Waals surface area contributed by atoms with Gasteiger partial charge in [0.1, 0.15) is 11.2 Å². The minimum absolute atomic E-state index is 0.0623. The molecule has 18 heavy (non-hydrogen) atoms. The zero-order valence-electron chi connectivity index (χ0n) is 10.4. The van der Waals surface area contributed by atoms with Gasteiger partial charge in [0.05, 0.1) is 0 Å². The van der Waals surface area contributed by atoms with Crippen LogP contribution in [0.15, 0.2) is 53.4 Å². The van der Waals surface area contributed by atoms with E-state index in [1.54, 1.807) is 11.8 Å². The second-order valence-corrected chi connectivity index (χ2v) is 5.83. The van der Waals surface area contributed by atoms with E-state index in [2.05, 4.69) is 13.0 Å². The summed E-state index contributed by atoms with van der Waals surface area (Å²) in [6.45, 7) is 4.10. The van der Waals surface area contributed by atoms with Crippen molar-refractivity contribution in [2.45, 2.75) is 24.2 Å². The molecule has 3 heteroatoms. The van der Waals surface area contributed by atoms with Gasteiger partial charge in [-0.05, 0) is 49.7 Å². The molecule has 0 saturated carbocycles. The fourth-order valence-electron chi connectivity index (χ4n) is 1.60. The van der Waals surface area contributed by atoms with Crippen molar-refractivity contribution in [3.63, 3.8) is 0 Å². The Morgan fingerprint density at radius 3 is 2.39 bits per heavy atom. The zero-order valence-corrected chi connectivity index (χ0v) is 12.0. The summed E-state index contributed by atoms with van der Waals surface area (Å²) in [5.41, 5.74) is 1.22. The topological polar surface area (TPSA) is 9.23 Å². The SMILES string of the molecule is Cc1ccccc1OC(C)Sc1ccc(Cl)cc1. The number of para-hydroxylation sites is 1. The number of ether oxygens (including phenoxy) is 1. The first-order chi connectivity index (χ1) is 8.65. The van der Waals surface area contributed by atoms with Gasteiger partial charge in [0, 0.05) is 9.92 Å². The molecule has 0 fully saturated rings. The summed E-state index contributed by atoms with van der Waals surface area (Å²) >= 11 is 7.53. The molecule has 0 aliphatic heterocycles. The number of benzene rings is 2. The monoisotopic (exact) mass is 278 g/mol. The predicted octanol–water partition coefficient (Wildman–Crippen LogP) is 5.17. The van der Waals surface area contributed by atoms with Crippen LogP contribution in [0.2, 0.25) is 5.02 Å². The Kier molecular flexibility index (Phi) is 4.56. The van der Waals surface area contributed by atoms with Crippen LogP contribution in [0, 0.1) is 6.92 Å². The fourth-order valence-corrected chi connectivity index (χ4v) is 2.55. The first-order valence-electron chi connectivity index (χ1n) is 5.79. The van der Waals surface area contributed by atoms with Gasteiger partial charge in [-0.2, -0.15) is 0 Å². The third-order valence-electron chi connectivity index (χ3n) is 2.50. The number of aryl methyl sites for hydroxylation is 1. The van der Waals surface area contributed by atoms with Crippen molar-refractivity contribution in [2.75, 3.05) is 0 Å². The Morgan fingerprint density at radius 2 is 1.72 bits per heavy atom. The van der Waals surface area contributed by atoms with E-state index in [1.807, 2.05) is 49.4 Å². The van der Waals surface area contributed by atoms with E-state index in [-0.39, 0.29) is 5.44 Å². The molecular weight excluding hydrogens is 264 g/mol. The lowest BCUT2D eigenvalue weighted by Gasteiger charge is -2.15. The fraction of sp³-hybridized carbons (Fsp3) is 0.200. The maximum Gasteiger partial charge on any atom is 0.146 e. The average molecular weight is 279 g/mol. The molecule has 0 aliphatic rings. The van der Waals surface area contributed by atoms with Gasteiger partial charge < -0.3 is 4.74 Å². The van der Waals surface area contributed by atoms with Crippen LogP contribution in [0.4, 0.5) is 0 Å². The van der Waals surface area contributed by atoms with Gasteiger partial charge in [0.15, 0.2) is 0 Å². The Labute approximate surface area is 117 Å². The molecule has 0 aliphatic carbocycles. The summed E-state index contributed by atoms with van der Waals surface area (Å²) < 4.78 is 5.91. The quantitative estimate of drug-likeness (QED) is 0.564. The lowest BCUT2D eigenvalue weighted by Crippen LogP contribution is -2.07. The molecule has 2 aromatic rings. The average Bonchev–Trinajstić information content (AvgIpc) is 2.35. The smallest absolute Gasteiger partial charge is 0.146 e. The highest BCUT2D eigenvalue weighted by molar-refractivity contribution is 7.99. The number of hydrogen-bond donors (Lipinski definition) is 0. The van der Waals surface area contributed by atoms with Gasteiger partial charge in [-0.25, -0.2) is 0 Å². The standard InChI is InChI=1S/C15H15ClOS/c1-11-5-3-4-6-15(11)17-12(2)18-14-9-7-13(16)8-10-14/h3-10,12H,1-2H3. The third-order valence-corrected chi connectivity index (χ3v) is 3.73. The first kappa shape index (κ1) is 13.3. The Hall–Kier alpha value is -1.12. The lowest BCUT2D eigenvalue weighted by atomic mass is 10.2. The van der Waals surface area contributed by atoms with E-state index in [1.165, 1.54) is 0 Å². The van der Waals surface area contributed by atoms with Crippen LogP contribution in [0.1, 0.15) is 12.5 Å². The molecule has 0 aromatic heterocycles. The van der Waals surface area contributed by atoms with Gasteiger partial charge in [-0.3, -0.25) is 0 Å². The third kappa shape index (κ3) is 3.69. The van der Waals surface area contributed by atoms with E-state index < -0.39 is 0 Å². The molecule has 94 valence electrons. The summed E-state index contributed by atoms with van der Waals surface area (Å²) in [4.78, 5) is 1.15. The van der Waals surface area contributed by atoms with Gasteiger partial charge in [-0.1, -0.05) is 41.6 Å². The minimum atomic E-state index is 0.0623. The summed E-state index contributed by atoms with van der Waals surface area (Å²) in [5, 5.41) is 0.756. The molecule has 1 atom stereocenters. The van der Waals surface area contributed by atoms with E-state index in [0.717, 1.165) is 21.2 Å². The second kappa shape index (κ2) is 6.17. The van der Waals surface area contributed by atoms with E-state index in [0.29, 0.717) is 0 Å². The Balaban J connectivity index is 1.99. The van der Waals surface area contributed by atoms with Crippen LogP contribution in [-0.4, -0.2) is 5.44 Å². The molecule has 0 N–H and O–H groups in total. The van der Waals surface area contributed by atoms with Crippen molar-refractivity contribution < 1.29 is 4.74 Å². The number of thioether (sulfide) groups is 1. The molecule has 2 rings (SSSR count). The Bertz CT molecular complexity index is 510. The lowest BCUT2D eigenvalue weighted by molar-refractivity contribution is 0.305. The second-order valence-electron chi connectivity index (χ2n) is 4.02. The molecule has 2 aromatic carbocycles. The molecule has 0 radical (unpaired) electrons. The van der Waals surface area contributed by atoms with Crippen molar-refractivity contribution in [3.8, 4) is 5.75 Å². The molecule has 0 bridgehead atoms. The van der Waals surface area contributed by atoms with Gasteiger partial charge in [0.25, 0.3) is 0 Å². The highest BCUT2D eigenvalue weighted by Crippen LogP contribution is 2.28. The largest absolute Gasteiger partial charge is 0.479 e. The molecule has 0 spiro atoms. The molecule has 0 saturated heterocycles. The highest BCUT2D eigenvalue weighted by atomic mass is 35.5. The summed E-state index contributed by atoms with van der Waals surface area (Å²) in [5.74, 6) is 0.937. The van der Waals surface area contributed by atoms with Crippen LogP contribution in [-0.2, 0) is 0 Å². The van der Waals surface area contributed by atoms with Crippen molar-refractivity contribution in [3.05, 3.63) is 59.1 Å². The van der Waals surface area contributed by atoms with Crippen LogP contribution in [0.5, 0.6) is 5.75 Å². The van der Waals surface area contributed by atoms with Crippen LogP contribution < -0.4 is 4.74 Å². The number of halogens is 1. The summed E-state index contributed by atoms with van der Waals surface area (Å²) in [7, 11) is 0. The number of rotatable bonds is 4. The van der Waals surface area contributed by atoms with Crippen LogP contribution in [0.25, 0.3) is 0 Å². The molecule has 0 heterocycles. The normalized spacial score (nSPS) is 12.2. The summed E-state index contributed by atoms with van der Waals surface area (Å²) in [6, 6.07) is 15.8. The highest BCUT2D eigenvalue weighted by Gasteiger charge is 2.07. The summed E-state index contributed by atoms with van der Waals surface area (Å²) in [6.07, 6.45) is 0. The predicted molar refractivity (Wildman–Crippen MR) is 78.6 cm³/mol. The van der Waals surface area contributed by atoms with Gasteiger partial charge in [0.2, 0.25) is 0 Å². The maximum atomic E-state index is 5.91. The minimum Gasteiger partial charge on any atom is -0.479 e. The van der Waals surface area contributed by atoms with E-state index >= 15 is 0 Å². The maximum absolute atomic E-state index is 5.91. The van der Waals surface area contributed by atoms with E-state index in [4.69, 9.17) is 16.3 Å².